The van der Waals surface area contributed by atoms with E-state index in [-0.39, 0.29) is 23.6 Å². The summed E-state index contributed by atoms with van der Waals surface area (Å²) in [5.41, 5.74) is 2.60. The Hall–Kier alpha value is -4.04. The number of hydrogen-bond donors (Lipinski definition) is 0. The summed E-state index contributed by atoms with van der Waals surface area (Å²) in [4.78, 5) is 34.8. The summed E-state index contributed by atoms with van der Waals surface area (Å²) in [5, 5.41) is 0.448. The third kappa shape index (κ3) is 6.26. The average Bonchev–Trinajstić information content (AvgIpc) is 3.23. The molecule has 0 radical (unpaired) electrons. The van der Waals surface area contributed by atoms with Crippen molar-refractivity contribution < 1.29 is 19.1 Å². The lowest BCUT2D eigenvalue weighted by Gasteiger charge is -2.27. The largest absolute Gasteiger partial charge is 0.497 e. The maximum Gasteiger partial charge on any atom is 0.283 e. The fraction of sp³-hybridized carbons (Fsp3) is 0.233. The Bertz CT molecular complexity index is 1320. The van der Waals surface area contributed by atoms with E-state index in [9.17, 15) is 9.59 Å². The number of thioether (sulfide) groups is 1. The summed E-state index contributed by atoms with van der Waals surface area (Å²) in [6.45, 7) is 6.43. The second-order valence-electron chi connectivity index (χ2n) is 8.75. The van der Waals surface area contributed by atoms with Crippen LogP contribution in [0.4, 0.5) is 11.4 Å². The highest BCUT2D eigenvalue weighted by Crippen LogP contribution is 2.31. The van der Waals surface area contributed by atoms with Crippen molar-refractivity contribution in [2.45, 2.75) is 26.8 Å². The van der Waals surface area contributed by atoms with Crippen LogP contribution in [0.5, 0.6) is 11.5 Å². The lowest BCUT2D eigenvalue weighted by molar-refractivity contribution is -0.116. The van der Waals surface area contributed by atoms with Crippen LogP contribution in [0.15, 0.2) is 89.6 Å². The van der Waals surface area contributed by atoms with Gasteiger partial charge in [0.1, 0.15) is 17.2 Å². The minimum atomic E-state index is -0.260. The number of anilines is 2. The monoisotopic (exact) mass is 529 g/mol. The van der Waals surface area contributed by atoms with Crippen LogP contribution < -0.4 is 19.3 Å². The number of amidine groups is 1. The van der Waals surface area contributed by atoms with Gasteiger partial charge >= 0.3 is 0 Å². The average molecular weight is 530 g/mol. The standard InChI is InChI=1S/C30H31N3O4S/c1-5-37-26-17-13-24(14-18-26)33-29(35)27(19-22-11-15-25(36-4)16-12-22)31-30(33)38-20-28(34)32(21(2)3)23-9-7-6-8-10-23/h6-19,21H,5,20H2,1-4H3/b27-19-. The summed E-state index contributed by atoms with van der Waals surface area (Å²) in [5.74, 6) is 1.25. The molecular formula is C30H31N3O4S. The molecule has 0 aromatic heterocycles. The molecule has 0 spiro atoms. The number of rotatable bonds is 9. The highest BCUT2D eigenvalue weighted by atomic mass is 32.2. The molecule has 1 heterocycles. The molecule has 0 bridgehead atoms. The Labute approximate surface area is 227 Å². The van der Waals surface area contributed by atoms with Gasteiger partial charge in [-0.05, 0) is 80.9 Å². The zero-order valence-electron chi connectivity index (χ0n) is 22.0. The van der Waals surface area contributed by atoms with Crippen molar-refractivity contribution in [3.63, 3.8) is 0 Å². The van der Waals surface area contributed by atoms with Gasteiger partial charge in [-0.2, -0.15) is 0 Å². The van der Waals surface area contributed by atoms with Gasteiger partial charge in [-0.3, -0.25) is 14.5 Å². The number of nitrogens with zero attached hydrogens (tertiary/aromatic N) is 3. The van der Waals surface area contributed by atoms with Crippen molar-refractivity contribution in [1.29, 1.82) is 0 Å². The lowest BCUT2D eigenvalue weighted by Crippen LogP contribution is -2.39. The van der Waals surface area contributed by atoms with E-state index in [4.69, 9.17) is 9.47 Å². The highest BCUT2D eigenvalue weighted by Gasteiger charge is 2.33. The molecule has 0 fully saturated rings. The Balaban J connectivity index is 1.62. The van der Waals surface area contributed by atoms with E-state index in [1.807, 2.05) is 99.6 Å². The van der Waals surface area contributed by atoms with E-state index in [1.54, 1.807) is 23.0 Å². The number of ether oxygens (including phenoxy) is 2. The van der Waals surface area contributed by atoms with Crippen molar-refractivity contribution in [2.75, 3.05) is 29.3 Å². The van der Waals surface area contributed by atoms with Crippen molar-refractivity contribution >= 4 is 46.2 Å². The molecule has 0 aliphatic carbocycles. The fourth-order valence-corrected chi connectivity index (χ4v) is 4.92. The summed E-state index contributed by atoms with van der Waals surface area (Å²) >= 11 is 1.25. The quantitative estimate of drug-likeness (QED) is 0.317. The number of aliphatic imine (C=N–C) groups is 1. The molecule has 1 aliphatic rings. The first kappa shape index (κ1) is 27.0. The number of carbonyl (C=O) groups excluding carboxylic acids is 2. The molecule has 38 heavy (non-hydrogen) atoms. The molecule has 0 saturated heterocycles. The molecular weight excluding hydrogens is 498 g/mol. The molecule has 0 N–H and O–H groups in total. The van der Waals surface area contributed by atoms with E-state index in [0.29, 0.717) is 28.9 Å². The normalized spacial score (nSPS) is 14.1. The molecule has 0 unspecified atom stereocenters. The van der Waals surface area contributed by atoms with Gasteiger partial charge < -0.3 is 14.4 Å². The Morgan fingerprint density at radius 2 is 1.66 bits per heavy atom. The van der Waals surface area contributed by atoms with Gasteiger partial charge in [-0.1, -0.05) is 42.1 Å². The Morgan fingerprint density at radius 1 is 1.00 bits per heavy atom. The highest BCUT2D eigenvalue weighted by molar-refractivity contribution is 8.14. The van der Waals surface area contributed by atoms with Gasteiger partial charge in [0, 0.05) is 11.7 Å². The zero-order chi connectivity index (χ0) is 27.1. The first-order chi connectivity index (χ1) is 18.4. The van der Waals surface area contributed by atoms with Crippen LogP contribution in [0.2, 0.25) is 0 Å². The number of carbonyl (C=O) groups is 2. The maximum absolute atomic E-state index is 13.5. The van der Waals surface area contributed by atoms with Crippen LogP contribution in [0.3, 0.4) is 0 Å². The van der Waals surface area contributed by atoms with E-state index >= 15 is 0 Å². The Morgan fingerprint density at radius 3 is 2.26 bits per heavy atom. The third-order valence-corrected chi connectivity index (χ3v) is 6.72. The smallest absolute Gasteiger partial charge is 0.283 e. The molecule has 2 amide bonds. The predicted molar refractivity (Wildman–Crippen MR) is 155 cm³/mol. The number of benzene rings is 3. The lowest BCUT2D eigenvalue weighted by atomic mass is 10.2. The van der Waals surface area contributed by atoms with Gasteiger partial charge in [0.15, 0.2) is 5.17 Å². The first-order valence-electron chi connectivity index (χ1n) is 12.4. The number of para-hydroxylation sites is 1. The summed E-state index contributed by atoms with van der Waals surface area (Å²) in [6.07, 6.45) is 1.74. The van der Waals surface area contributed by atoms with Crippen LogP contribution in [0, 0.1) is 0 Å². The second kappa shape index (κ2) is 12.5. The summed E-state index contributed by atoms with van der Waals surface area (Å²) < 4.78 is 10.8. The van der Waals surface area contributed by atoms with Crippen molar-refractivity contribution in [3.8, 4) is 11.5 Å². The van der Waals surface area contributed by atoms with Crippen LogP contribution in [-0.4, -0.2) is 42.5 Å². The van der Waals surface area contributed by atoms with Gasteiger partial charge in [0.05, 0.1) is 25.2 Å². The fourth-order valence-electron chi connectivity index (χ4n) is 4.05. The molecule has 196 valence electrons. The van der Waals surface area contributed by atoms with Gasteiger partial charge in [-0.25, -0.2) is 4.99 Å². The molecule has 1 aliphatic heterocycles. The van der Waals surface area contributed by atoms with E-state index in [2.05, 4.69) is 4.99 Å². The summed E-state index contributed by atoms with van der Waals surface area (Å²) in [7, 11) is 1.61. The predicted octanol–water partition coefficient (Wildman–Crippen LogP) is 6.01. The van der Waals surface area contributed by atoms with Gasteiger partial charge in [0.2, 0.25) is 5.91 Å². The van der Waals surface area contributed by atoms with Crippen molar-refractivity contribution in [2.24, 2.45) is 4.99 Å². The maximum atomic E-state index is 13.5. The first-order valence-corrected chi connectivity index (χ1v) is 13.4. The van der Waals surface area contributed by atoms with E-state index in [0.717, 1.165) is 17.0 Å². The molecule has 4 rings (SSSR count). The van der Waals surface area contributed by atoms with Crippen LogP contribution in [0.1, 0.15) is 26.3 Å². The van der Waals surface area contributed by atoms with Crippen LogP contribution in [-0.2, 0) is 9.59 Å². The zero-order valence-corrected chi connectivity index (χ0v) is 22.8. The van der Waals surface area contributed by atoms with Crippen LogP contribution >= 0.6 is 11.8 Å². The Kier molecular flexibility index (Phi) is 8.86. The molecule has 0 atom stereocenters. The van der Waals surface area contributed by atoms with Crippen LogP contribution in [0.25, 0.3) is 6.08 Å². The number of methoxy groups -OCH3 is 1. The van der Waals surface area contributed by atoms with Gasteiger partial charge in [0.25, 0.3) is 5.91 Å². The number of amides is 2. The number of hydrogen-bond acceptors (Lipinski definition) is 6. The molecule has 7 nitrogen and oxygen atoms in total. The topological polar surface area (TPSA) is 71.4 Å². The molecule has 0 saturated carbocycles. The minimum Gasteiger partial charge on any atom is -0.497 e. The molecule has 3 aromatic rings. The molecule has 8 heteroatoms. The second-order valence-corrected chi connectivity index (χ2v) is 9.69. The van der Waals surface area contributed by atoms with E-state index in [1.165, 1.54) is 11.8 Å². The van der Waals surface area contributed by atoms with Gasteiger partial charge in [-0.15, -0.1) is 0 Å². The molecule has 3 aromatic carbocycles. The van der Waals surface area contributed by atoms with Crippen molar-refractivity contribution in [3.05, 3.63) is 90.1 Å². The van der Waals surface area contributed by atoms with E-state index < -0.39 is 0 Å². The third-order valence-electron chi connectivity index (χ3n) is 5.80. The summed E-state index contributed by atoms with van der Waals surface area (Å²) in [6, 6.07) is 24.2. The SMILES string of the molecule is CCOc1ccc(N2C(=O)/C(=C/c3ccc(OC)cc3)N=C2SCC(=O)N(c2ccccc2)C(C)C)cc1. The minimum absolute atomic E-state index is 0.0228. The van der Waals surface area contributed by atoms with Crippen molar-refractivity contribution in [1.82, 2.24) is 0 Å².